The maximum Gasteiger partial charge on any atom is 0.223 e. The first-order chi connectivity index (χ1) is 15.4. The lowest BCUT2D eigenvalue weighted by Gasteiger charge is -2.27. The molecule has 7 nitrogen and oxygen atoms in total. The van der Waals surface area contributed by atoms with Crippen LogP contribution in [0.25, 0.3) is 0 Å². The minimum Gasteiger partial charge on any atom is -0.491 e. The second-order valence-corrected chi connectivity index (χ2v) is 9.34. The van der Waals surface area contributed by atoms with Crippen molar-refractivity contribution in [2.45, 2.75) is 18.4 Å². The number of carbonyl (C=O) groups is 1. The summed E-state index contributed by atoms with van der Waals surface area (Å²) in [4.78, 5) is 19.0. The molecule has 9 heteroatoms. The molecule has 3 aromatic rings. The Morgan fingerprint density at radius 2 is 2.16 bits per heavy atom. The van der Waals surface area contributed by atoms with Crippen molar-refractivity contribution >= 4 is 28.7 Å². The van der Waals surface area contributed by atoms with E-state index < -0.39 is 5.79 Å². The molecular weight excluding hydrogens is 450 g/mol. The summed E-state index contributed by atoms with van der Waals surface area (Å²) < 4.78 is 21.0. The predicted molar refractivity (Wildman–Crippen MR) is 123 cm³/mol. The number of allylic oxidation sites excluding steroid dienone is 1. The minimum atomic E-state index is -0.943. The zero-order valence-corrected chi connectivity index (χ0v) is 19.4. The lowest BCUT2D eigenvalue weighted by molar-refractivity contribution is -0.186. The van der Waals surface area contributed by atoms with Gasteiger partial charge >= 0.3 is 0 Å². The van der Waals surface area contributed by atoms with Crippen LogP contribution in [0.2, 0.25) is 4.34 Å². The highest BCUT2D eigenvalue weighted by atomic mass is 35.5. The molecule has 0 spiro atoms. The summed E-state index contributed by atoms with van der Waals surface area (Å²) in [5.74, 6) is -0.341. The van der Waals surface area contributed by atoms with Crippen LogP contribution in [0.3, 0.4) is 0 Å². The van der Waals surface area contributed by atoms with Gasteiger partial charge in [-0.2, -0.15) is 0 Å². The highest BCUT2D eigenvalue weighted by Crippen LogP contribution is 2.41. The van der Waals surface area contributed by atoms with Crippen LogP contribution < -0.4 is 4.74 Å². The van der Waals surface area contributed by atoms with Crippen LogP contribution in [-0.4, -0.2) is 53.6 Å². The molecule has 3 heterocycles. The summed E-state index contributed by atoms with van der Waals surface area (Å²) in [6.45, 7) is 1.16. The van der Waals surface area contributed by atoms with Gasteiger partial charge in [0.15, 0.2) is 5.78 Å². The van der Waals surface area contributed by atoms with Crippen LogP contribution in [0.5, 0.6) is 5.75 Å². The molecule has 0 saturated carbocycles. The van der Waals surface area contributed by atoms with Gasteiger partial charge in [0, 0.05) is 44.3 Å². The van der Waals surface area contributed by atoms with E-state index in [0.29, 0.717) is 35.4 Å². The molecule has 2 unspecified atom stereocenters. The van der Waals surface area contributed by atoms with E-state index in [4.69, 9.17) is 25.8 Å². The Balaban J connectivity index is 1.39. The van der Waals surface area contributed by atoms with Gasteiger partial charge in [0.05, 0.1) is 28.7 Å². The quantitative estimate of drug-likeness (QED) is 0.343. The molecule has 4 rings (SSSR count). The second kappa shape index (κ2) is 9.87. The Hall–Kier alpha value is -2.65. The molecular formula is C23H24ClN3O4S. The van der Waals surface area contributed by atoms with Crippen LogP contribution in [0.1, 0.15) is 15.2 Å². The van der Waals surface area contributed by atoms with E-state index in [-0.39, 0.29) is 11.9 Å². The molecule has 1 fully saturated rings. The molecule has 2 atom stereocenters. The fraction of sp³-hybridized carbons (Fsp3) is 0.304. The molecule has 1 aliphatic rings. The number of nitrogens with zero attached hydrogens (tertiary/aromatic N) is 3. The predicted octanol–water partition coefficient (Wildman–Crippen LogP) is 4.20. The molecule has 1 aliphatic heterocycles. The zero-order valence-electron chi connectivity index (χ0n) is 17.8. The van der Waals surface area contributed by atoms with Gasteiger partial charge in [-0.05, 0) is 36.4 Å². The van der Waals surface area contributed by atoms with E-state index in [1.807, 2.05) is 41.9 Å². The van der Waals surface area contributed by atoms with E-state index in [9.17, 15) is 4.79 Å². The van der Waals surface area contributed by atoms with Gasteiger partial charge in [-0.1, -0.05) is 11.6 Å². The Morgan fingerprint density at radius 1 is 1.34 bits per heavy atom. The highest BCUT2D eigenvalue weighted by Gasteiger charge is 2.45. The Bertz CT molecular complexity index is 1070. The Kier molecular flexibility index (Phi) is 6.95. The number of imidazole rings is 1. The standard InChI is InChI=1S/C23H24ClN3O4S/c1-26(2)11-9-20(28)17-3-5-18(6-4-17)29-13-19-14-30-23(31-19,15-27-12-10-25-16-27)21-7-8-22(24)32-21/h3-12,16,19H,13-15H2,1-2H3. The fourth-order valence-electron chi connectivity index (χ4n) is 3.29. The van der Waals surface area contributed by atoms with Crippen molar-refractivity contribution in [3.05, 3.63) is 82.2 Å². The van der Waals surface area contributed by atoms with Gasteiger partial charge in [-0.3, -0.25) is 4.79 Å². The van der Waals surface area contributed by atoms with Gasteiger partial charge < -0.3 is 23.7 Å². The first kappa shape index (κ1) is 22.5. The van der Waals surface area contributed by atoms with Gasteiger partial charge in [-0.25, -0.2) is 4.98 Å². The molecule has 2 aromatic heterocycles. The third-order valence-electron chi connectivity index (χ3n) is 4.86. The van der Waals surface area contributed by atoms with Gasteiger partial charge in [0.1, 0.15) is 18.5 Å². The van der Waals surface area contributed by atoms with Crippen molar-refractivity contribution in [2.24, 2.45) is 0 Å². The van der Waals surface area contributed by atoms with E-state index >= 15 is 0 Å². The Labute approximate surface area is 195 Å². The lowest BCUT2D eigenvalue weighted by Crippen LogP contribution is -2.33. The average Bonchev–Trinajstić information content (AvgIpc) is 3.53. The number of thiophene rings is 1. The largest absolute Gasteiger partial charge is 0.491 e. The van der Waals surface area contributed by atoms with Crippen molar-refractivity contribution in [3.8, 4) is 5.75 Å². The molecule has 0 radical (unpaired) electrons. The van der Waals surface area contributed by atoms with Gasteiger partial charge in [0.2, 0.25) is 5.79 Å². The number of carbonyl (C=O) groups excluding carboxylic acids is 1. The van der Waals surface area contributed by atoms with E-state index in [2.05, 4.69) is 4.98 Å². The molecule has 1 aromatic carbocycles. The number of halogens is 1. The number of benzene rings is 1. The molecule has 0 aliphatic carbocycles. The summed E-state index contributed by atoms with van der Waals surface area (Å²) in [6.07, 6.45) is 8.31. The lowest BCUT2D eigenvalue weighted by atomic mass is 10.1. The van der Waals surface area contributed by atoms with Crippen molar-refractivity contribution in [3.63, 3.8) is 0 Å². The number of hydrogen-bond donors (Lipinski definition) is 0. The number of hydrogen-bond acceptors (Lipinski definition) is 7. The van der Waals surface area contributed by atoms with E-state index in [1.165, 1.54) is 17.4 Å². The monoisotopic (exact) mass is 473 g/mol. The van der Waals surface area contributed by atoms with Crippen LogP contribution >= 0.6 is 22.9 Å². The van der Waals surface area contributed by atoms with Crippen molar-refractivity contribution < 1.29 is 19.0 Å². The molecule has 0 bridgehead atoms. The highest BCUT2D eigenvalue weighted by molar-refractivity contribution is 7.16. The normalized spacial score (nSPS) is 20.7. The van der Waals surface area contributed by atoms with Crippen LogP contribution in [0, 0.1) is 0 Å². The number of rotatable bonds is 9. The topological polar surface area (TPSA) is 65.8 Å². The maximum atomic E-state index is 12.2. The zero-order chi connectivity index (χ0) is 22.6. The van der Waals surface area contributed by atoms with Crippen LogP contribution in [0.4, 0.5) is 0 Å². The van der Waals surface area contributed by atoms with Crippen molar-refractivity contribution in [1.82, 2.24) is 14.5 Å². The van der Waals surface area contributed by atoms with E-state index in [1.54, 1.807) is 43.0 Å². The Morgan fingerprint density at radius 3 is 2.81 bits per heavy atom. The van der Waals surface area contributed by atoms with Gasteiger partial charge in [-0.15, -0.1) is 11.3 Å². The summed E-state index contributed by atoms with van der Waals surface area (Å²) >= 11 is 7.60. The second-order valence-electron chi connectivity index (χ2n) is 7.62. The average molecular weight is 474 g/mol. The van der Waals surface area contributed by atoms with E-state index in [0.717, 1.165) is 4.88 Å². The number of ether oxygens (including phenoxy) is 3. The smallest absolute Gasteiger partial charge is 0.223 e. The van der Waals surface area contributed by atoms with Crippen LogP contribution in [0.15, 0.2) is 67.4 Å². The molecule has 1 saturated heterocycles. The molecule has 32 heavy (non-hydrogen) atoms. The van der Waals surface area contributed by atoms with Crippen LogP contribution in [-0.2, 0) is 21.8 Å². The molecule has 0 N–H and O–H groups in total. The first-order valence-corrected chi connectivity index (χ1v) is 11.3. The number of ketones is 1. The summed E-state index contributed by atoms with van der Waals surface area (Å²) in [5.41, 5.74) is 0.602. The molecule has 168 valence electrons. The number of aromatic nitrogens is 2. The first-order valence-electron chi connectivity index (χ1n) is 10.1. The van der Waals surface area contributed by atoms with Gasteiger partial charge in [0.25, 0.3) is 0 Å². The summed E-state index contributed by atoms with van der Waals surface area (Å²) in [5, 5.41) is 0. The fourth-order valence-corrected chi connectivity index (χ4v) is 4.42. The summed E-state index contributed by atoms with van der Waals surface area (Å²) in [6, 6.07) is 10.8. The maximum absolute atomic E-state index is 12.2. The SMILES string of the molecule is CN(C)C=CC(=O)c1ccc(OCC2COC(Cn3ccnc3)(c3ccc(Cl)s3)O2)cc1. The van der Waals surface area contributed by atoms with Crippen molar-refractivity contribution in [1.29, 1.82) is 0 Å². The van der Waals surface area contributed by atoms with Crippen molar-refractivity contribution in [2.75, 3.05) is 27.3 Å². The third kappa shape index (κ3) is 5.39. The molecule has 0 amide bonds. The summed E-state index contributed by atoms with van der Waals surface area (Å²) in [7, 11) is 3.74. The third-order valence-corrected chi connectivity index (χ3v) is 6.21. The minimum absolute atomic E-state index is 0.0586.